The van der Waals surface area contributed by atoms with E-state index in [0.29, 0.717) is 12.1 Å². The van der Waals surface area contributed by atoms with Crippen molar-refractivity contribution in [1.29, 1.82) is 0 Å². The zero-order valence-electron chi connectivity index (χ0n) is 15.1. The van der Waals surface area contributed by atoms with Gasteiger partial charge in [-0.3, -0.25) is 9.88 Å². The normalized spacial score (nSPS) is 14.0. The summed E-state index contributed by atoms with van der Waals surface area (Å²) in [5.41, 5.74) is 6.91. The summed E-state index contributed by atoms with van der Waals surface area (Å²) in [4.78, 5) is 11.0. The molecule has 5 heteroatoms. The first-order valence-corrected chi connectivity index (χ1v) is 9.02. The van der Waals surface area contributed by atoms with Crippen LogP contribution in [0.5, 0.6) is 0 Å². The SMILES string of the molecule is Cn1cnc2ccc(-c3ccc(CN4Cc5cccnc5C4)c(F)c3)cc21. The Morgan fingerprint density at radius 3 is 2.70 bits per heavy atom. The molecule has 4 nitrogen and oxygen atoms in total. The molecule has 0 bridgehead atoms. The van der Waals surface area contributed by atoms with Crippen molar-refractivity contribution < 1.29 is 4.39 Å². The molecule has 0 N–H and O–H groups in total. The molecule has 5 rings (SSSR count). The van der Waals surface area contributed by atoms with E-state index >= 15 is 0 Å². The smallest absolute Gasteiger partial charge is 0.128 e. The largest absolute Gasteiger partial charge is 0.334 e. The highest BCUT2D eigenvalue weighted by Crippen LogP contribution is 2.27. The minimum atomic E-state index is -0.165. The van der Waals surface area contributed by atoms with Gasteiger partial charge in [-0.25, -0.2) is 9.37 Å². The van der Waals surface area contributed by atoms with Gasteiger partial charge in [0, 0.05) is 38.4 Å². The van der Waals surface area contributed by atoms with Crippen molar-refractivity contribution in [1.82, 2.24) is 19.4 Å². The van der Waals surface area contributed by atoms with Crippen LogP contribution in [0.2, 0.25) is 0 Å². The highest BCUT2D eigenvalue weighted by molar-refractivity contribution is 5.82. The van der Waals surface area contributed by atoms with Crippen molar-refractivity contribution in [2.75, 3.05) is 0 Å². The summed E-state index contributed by atoms with van der Waals surface area (Å²) in [6.07, 6.45) is 3.61. The molecule has 134 valence electrons. The number of rotatable bonds is 3. The molecule has 1 aliphatic rings. The Bertz CT molecular complexity index is 1120. The zero-order chi connectivity index (χ0) is 18.4. The van der Waals surface area contributed by atoms with Crippen LogP contribution in [0.4, 0.5) is 4.39 Å². The van der Waals surface area contributed by atoms with Crippen LogP contribution in [0, 0.1) is 5.82 Å². The number of halogens is 1. The van der Waals surface area contributed by atoms with E-state index in [9.17, 15) is 4.39 Å². The minimum absolute atomic E-state index is 0.165. The van der Waals surface area contributed by atoms with E-state index in [4.69, 9.17) is 0 Å². The summed E-state index contributed by atoms with van der Waals surface area (Å²) in [6.45, 7) is 2.18. The topological polar surface area (TPSA) is 34.0 Å². The van der Waals surface area contributed by atoms with Gasteiger partial charge in [-0.05, 0) is 41.0 Å². The number of nitrogens with zero attached hydrogens (tertiary/aromatic N) is 4. The molecular formula is C22H19FN4. The van der Waals surface area contributed by atoms with Gasteiger partial charge in [0.2, 0.25) is 0 Å². The van der Waals surface area contributed by atoms with Crippen LogP contribution in [0.3, 0.4) is 0 Å². The molecule has 0 radical (unpaired) electrons. The van der Waals surface area contributed by atoms with Crippen molar-refractivity contribution >= 4 is 11.0 Å². The molecule has 0 spiro atoms. The Morgan fingerprint density at radius 2 is 1.85 bits per heavy atom. The molecule has 0 fully saturated rings. The fourth-order valence-electron chi connectivity index (χ4n) is 3.78. The molecule has 0 saturated carbocycles. The van der Waals surface area contributed by atoms with Crippen LogP contribution in [0.1, 0.15) is 16.8 Å². The van der Waals surface area contributed by atoms with Gasteiger partial charge in [0.25, 0.3) is 0 Å². The zero-order valence-corrected chi connectivity index (χ0v) is 15.1. The number of aromatic nitrogens is 3. The summed E-state index contributed by atoms with van der Waals surface area (Å²) in [5, 5.41) is 0. The van der Waals surface area contributed by atoms with E-state index in [1.165, 1.54) is 5.56 Å². The summed E-state index contributed by atoms with van der Waals surface area (Å²) < 4.78 is 16.8. The second-order valence-corrected chi connectivity index (χ2v) is 7.12. The lowest BCUT2D eigenvalue weighted by molar-refractivity contribution is 0.270. The lowest BCUT2D eigenvalue weighted by Crippen LogP contribution is -2.16. The van der Waals surface area contributed by atoms with E-state index in [1.807, 2.05) is 48.1 Å². The van der Waals surface area contributed by atoms with Crippen LogP contribution in [0.15, 0.2) is 61.1 Å². The second-order valence-electron chi connectivity index (χ2n) is 7.12. The fraction of sp³-hybridized carbons (Fsp3) is 0.182. The Morgan fingerprint density at radius 1 is 1.00 bits per heavy atom. The van der Waals surface area contributed by atoms with Crippen molar-refractivity contribution in [3.63, 3.8) is 0 Å². The van der Waals surface area contributed by atoms with Crippen molar-refractivity contribution in [3.05, 3.63) is 83.7 Å². The first-order chi connectivity index (χ1) is 13.2. The average molecular weight is 358 g/mol. The number of imidazole rings is 1. The number of hydrogen-bond donors (Lipinski definition) is 0. The third-order valence-corrected chi connectivity index (χ3v) is 5.26. The van der Waals surface area contributed by atoms with Crippen LogP contribution in [0.25, 0.3) is 22.2 Å². The standard InChI is InChI=1S/C22H19FN4/c1-26-14-25-20-7-6-16(10-22(20)26)15-4-5-17(19(23)9-15)11-27-12-18-3-2-8-24-21(18)13-27/h2-10,14H,11-13H2,1H3. The van der Waals surface area contributed by atoms with Crippen LogP contribution < -0.4 is 0 Å². The Labute approximate surface area is 156 Å². The van der Waals surface area contributed by atoms with Crippen LogP contribution in [-0.4, -0.2) is 19.4 Å². The molecule has 0 amide bonds. The molecule has 0 atom stereocenters. The van der Waals surface area contributed by atoms with Gasteiger partial charge in [-0.2, -0.15) is 0 Å². The molecule has 0 unspecified atom stereocenters. The molecule has 27 heavy (non-hydrogen) atoms. The van der Waals surface area contributed by atoms with E-state index in [0.717, 1.165) is 40.9 Å². The summed E-state index contributed by atoms with van der Waals surface area (Å²) in [5.74, 6) is -0.165. The van der Waals surface area contributed by atoms with Gasteiger partial charge < -0.3 is 4.57 Å². The predicted octanol–water partition coefficient (Wildman–Crippen LogP) is 4.29. The van der Waals surface area contributed by atoms with E-state index in [-0.39, 0.29) is 5.82 Å². The molecular weight excluding hydrogens is 339 g/mol. The first-order valence-electron chi connectivity index (χ1n) is 9.02. The first kappa shape index (κ1) is 16.1. The van der Waals surface area contributed by atoms with Crippen LogP contribution >= 0.6 is 0 Å². The highest BCUT2D eigenvalue weighted by atomic mass is 19.1. The lowest BCUT2D eigenvalue weighted by Gasteiger charge is -2.15. The lowest BCUT2D eigenvalue weighted by atomic mass is 10.0. The monoisotopic (exact) mass is 358 g/mol. The third kappa shape index (κ3) is 2.90. The Balaban J connectivity index is 1.40. The Hall–Kier alpha value is -3.05. The van der Waals surface area contributed by atoms with Crippen molar-refractivity contribution in [2.24, 2.45) is 7.05 Å². The van der Waals surface area contributed by atoms with Gasteiger partial charge in [0.05, 0.1) is 23.1 Å². The quantitative estimate of drug-likeness (QED) is 0.548. The maximum atomic E-state index is 14.8. The molecule has 4 aromatic rings. The third-order valence-electron chi connectivity index (χ3n) is 5.26. The van der Waals surface area contributed by atoms with Crippen LogP contribution in [-0.2, 0) is 26.7 Å². The average Bonchev–Trinajstić information content (AvgIpc) is 3.26. The minimum Gasteiger partial charge on any atom is -0.334 e. The second kappa shape index (κ2) is 6.28. The summed E-state index contributed by atoms with van der Waals surface area (Å²) in [6, 6.07) is 15.6. The molecule has 0 saturated heterocycles. The summed E-state index contributed by atoms with van der Waals surface area (Å²) >= 11 is 0. The number of benzene rings is 2. The maximum Gasteiger partial charge on any atom is 0.128 e. The molecule has 0 aliphatic carbocycles. The molecule has 2 aromatic carbocycles. The molecule has 3 heterocycles. The number of aryl methyl sites for hydroxylation is 1. The number of pyridine rings is 1. The van der Waals surface area contributed by atoms with E-state index < -0.39 is 0 Å². The van der Waals surface area contributed by atoms with E-state index in [1.54, 1.807) is 12.4 Å². The number of fused-ring (bicyclic) bond motifs is 2. The molecule has 2 aromatic heterocycles. The molecule has 1 aliphatic heterocycles. The number of hydrogen-bond acceptors (Lipinski definition) is 3. The highest BCUT2D eigenvalue weighted by Gasteiger charge is 2.20. The van der Waals surface area contributed by atoms with Crippen molar-refractivity contribution in [2.45, 2.75) is 19.6 Å². The Kier molecular flexibility index (Phi) is 3.76. The van der Waals surface area contributed by atoms with E-state index in [2.05, 4.69) is 27.0 Å². The van der Waals surface area contributed by atoms with Gasteiger partial charge in [-0.1, -0.05) is 24.3 Å². The van der Waals surface area contributed by atoms with Gasteiger partial charge >= 0.3 is 0 Å². The van der Waals surface area contributed by atoms with Crippen molar-refractivity contribution in [3.8, 4) is 11.1 Å². The van der Waals surface area contributed by atoms with Gasteiger partial charge in [0.15, 0.2) is 0 Å². The fourth-order valence-corrected chi connectivity index (χ4v) is 3.78. The summed E-state index contributed by atoms with van der Waals surface area (Å²) in [7, 11) is 1.96. The maximum absolute atomic E-state index is 14.8. The van der Waals surface area contributed by atoms with Gasteiger partial charge in [-0.15, -0.1) is 0 Å². The predicted molar refractivity (Wildman–Crippen MR) is 103 cm³/mol. The van der Waals surface area contributed by atoms with Gasteiger partial charge in [0.1, 0.15) is 5.82 Å².